The third-order valence-corrected chi connectivity index (χ3v) is 5.09. The maximum atomic E-state index is 5.93. The number of ether oxygens (including phenoxy) is 1. The van der Waals surface area contributed by atoms with Gasteiger partial charge < -0.3 is 10.1 Å². The Morgan fingerprint density at radius 3 is 2.75 bits per heavy atom. The minimum atomic E-state index is 0.425. The summed E-state index contributed by atoms with van der Waals surface area (Å²) in [4.78, 5) is 13.7. The van der Waals surface area contributed by atoms with Gasteiger partial charge in [0.2, 0.25) is 0 Å². The summed E-state index contributed by atoms with van der Waals surface area (Å²) in [7, 11) is 0. The van der Waals surface area contributed by atoms with E-state index in [0.717, 1.165) is 48.1 Å². The topological polar surface area (TPSA) is 59.9 Å². The van der Waals surface area contributed by atoms with Crippen molar-refractivity contribution in [3.8, 4) is 11.5 Å². The van der Waals surface area contributed by atoms with Gasteiger partial charge in [0.15, 0.2) is 5.82 Å². The molecule has 2 aliphatic rings. The van der Waals surface area contributed by atoms with Crippen molar-refractivity contribution >= 4 is 5.82 Å². The maximum Gasteiger partial charge on any atom is 0.180 e. The summed E-state index contributed by atoms with van der Waals surface area (Å²) in [5.41, 5.74) is 2.93. The highest BCUT2D eigenvalue weighted by molar-refractivity contribution is 5.56. The molecule has 0 aromatic carbocycles. The zero-order valence-electron chi connectivity index (χ0n) is 14.3. The summed E-state index contributed by atoms with van der Waals surface area (Å²) >= 11 is 0. The molecule has 1 N–H and O–H groups in total. The Hall–Kier alpha value is -2.01. The van der Waals surface area contributed by atoms with Gasteiger partial charge in [-0.1, -0.05) is 6.07 Å². The highest BCUT2D eigenvalue weighted by atomic mass is 16.5. The minimum Gasteiger partial charge on any atom is -0.378 e. The number of pyridine rings is 1. The molecule has 1 saturated heterocycles. The first-order chi connectivity index (χ1) is 11.7. The summed E-state index contributed by atoms with van der Waals surface area (Å²) in [5, 5.41) is 3.65. The fourth-order valence-corrected chi connectivity index (χ4v) is 3.33. The fourth-order valence-electron chi connectivity index (χ4n) is 3.33. The first kappa shape index (κ1) is 15.5. The molecule has 3 heterocycles. The molecule has 5 heteroatoms. The summed E-state index contributed by atoms with van der Waals surface area (Å²) in [6, 6.07) is 6.25. The molecule has 0 amide bonds. The van der Waals surface area contributed by atoms with E-state index in [1.807, 2.05) is 25.1 Å². The lowest BCUT2D eigenvalue weighted by molar-refractivity contribution is -0.00224. The van der Waals surface area contributed by atoms with Crippen molar-refractivity contribution in [2.24, 2.45) is 5.92 Å². The lowest BCUT2D eigenvalue weighted by Gasteiger charge is -2.31. The second kappa shape index (κ2) is 6.48. The molecule has 24 heavy (non-hydrogen) atoms. The second-order valence-corrected chi connectivity index (χ2v) is 6.93. The number of anilines is 1. The van der Waals surface area contributed by atoms with Crippen molar-refractivity contribution in [3.05, 3.63) is 35.7 Å². The van der Waals surface area contributed by atoms with Crippen molar-refractivity contribution in [1.29, 1.82) is 0 Å². The van der Waals surface area contributed by atoms with Crippen molar-refractivity contribution in [2.45, 2.75) is 51.7 Å². The van der Waals surface area contributed by atoms with Crippen LogP contribution in [0.1, 0.15) is 36.9 Å². The van der Waals surface area contributed by atoms with E-state index >= 15 is 0 Å². The van der Waals surface area contributed by atoms with Crippen molar-refractivity contribution < 1.29 is 4.74 Å². The van der Waals surface area contributed by atoms with E-state index in [9.17, 15) is 0 Å². The summed E-state index contributed by atoms with van der Waals surface area (Å²) in [6.07, 6.45) is 6.96. The highest BCUT2D eigenvalue weighted by Gasteiger charge is 2.36. The second-order valence-electron chi connectivity index (χ2n) is 6.93. The van der Waals surface area contributed by atoms with Crippen LogP contribution in [0, 0.1) is 19.8 Å². The average Bonchev–Trinajstić information content (AvgIpc) is 3.45. The van der Waals surface area contributed by atoms with Crippen molar-refractivity contribution in [1.82, 2.24) is 15.0 Å². The predicted octanol–water partition coefficient (Wildman–Crippen LogP) is 3.52. The average molecular weight is 324 g/mol. The summed E-state index contributed by atoms with van der Waals surface area (Å²) < 4.78 is 5.93. The van der Waals surface area contributed by atoms with Gasteiger partial charge in [0.05, 0.1) is 6.10 Å². The van der Waals surface area contributed by atoms with E-state index in [4.69, 9.17) is 9.72 Å². The third kappa shape index (κ3) is 3.26. The van der Waals surface area contributed by atoms with Gasteiger partial charge in [-0.05, 0) is 57.6 Å². The Kier molecular flexibility index (Phi) is 4.19. The van der Waals surface area contributed by atoms with E-state index in [1.165, 1.54) is 12.8 Å². The SMILES string of the molecule is Cc1nc(-c2ccccn2)nc(NC2CCOC(C3CC3)C2)c1C. The molecule has 0 bridgehead atoms. The molecule has 2 atom stereocenters. The number of rotatable bonds is 4. The van der Waals surface area contributed by atoms with Gasteiger partial charge >= 0.3 is 0 Å². The van der Waals surface area contributed by atoms with Gasteiger partial charge in [0, 0.05) is 30.1 Å². The molecule has 5 nitrogen and oxygen atoms in total. The van der Waals surface area contributed by atoms with E-state index in [2.05, 4.69) is 22.2 Å². The van der Waals surface area contributed by atoms with Crippen molar-refractivity contribution in [2.75, 3.05) is 11.9 Å². The number of hydrogen-bond acceptors (Lipinski definition) is 5. The number of aromatic nitrogens is 3. The maximum absolute atomic E-state index is 5.93. The Morgan fingerprint density at radius 1 is 1.12 bits per heavy atom. The standard InChI is InChI=1S/C19H24N4O/c1-12-13(2)21-19(16-5-3-4-9-20-16)23-18(12)22-15-8-10-24-17(11-15)14-6-7-14/h3-5,9,14-15,17H,6-8,10-11H2,1-2H3,(H,21,22,23). The molecule has 0 radical (unpaired) electrons. The number of hydrogen-bond donors (Lipinski definition) is 1. The van der Waals surface area contributed by atoms with Crippen LogP contribution in [0.4, 0.5) is 5.82 Å². The predicted molar refractivity (Wildman–Crippen MR) is 93.8 cm³/mol. The number of nitrogens with zero attached hydrogens (tertiary/aromatic N) is 3. The van der Waals surface area contributed by atoms with Gasteiger partial charge in [-0.15, -0.1) is 0 Å². The third-order valence-electron chi connectivity index (χ3n) is 5.09. The van der Waals surface area contributed by atoms with Crippen LogP contribution in [-0.4, -0.2) is 33.7 Å². The fraction of sp³-hybridized carbons (Fsp3) is 0.526. The molecule has 2 aromatic heterocycles. The zero-order chi connectivity index (χ0) is 16.5. The minimum absolute atomic E-state index is 0.425. The molecule has 1 aliphatic carbocycles. The normalized spacial score (nSPS) is 23.9. The summed E-state index contributed by atoms with van der Waals surface area (Å²) in [5.74, 6) is 2.41. The molecule has 2 fully saturated rings. The first-order valence-corrected chi connectivity index (χ1v) is 8.85. The molecule has 2 aromatic rings. The van der Waals surface area contributed by atoms with Crippen LogP contribution in [0.2, 0.25) is 0 Å². The van der Waals surface area contributed by atoms with Crippen LogP contribution in [0.25, 0.3) is 11.5 Å². The van der Waals surface area contributed by atoms with Gasteiger partial charge in [-0.2, -0.15) is 0 Å². The van der Waals surface area contributed by atoms with E-state index < -0.39 is 0 Å². The zero-order valence-corrected chi connectivity index (χ0v) is 14.3. The monoisotopic (exact) mass is 324 g/mol. The van der Waals surface area contributed by atoms with Crippen LogP contribution < -0.4 is 5.32 Å². The van der Waals surface area contributed by atoms with Gasteiger partial charge in [-0.25, -0.2) is 9.97 Å². The van der Waals surface area contributed by atoms with Crippen LogP contribution in [-0.2, 0) is 4.74 Å². The molecule has 1 aliphatic heterocycles. The Labute approximate surface area is 142 Å². The Bertz CT molecular complexity index is 715. The largest absolute Gasteiger partial charge is 0.378 e. The lowest BCUT2D eigenvalue weighted by atomic mass is 10.00. The number of nitrogens with one attached hydrogen (secondary N) is 1. The van der Waals surface area contributed by atoms with E-state index in [-0.39, 0.29) is 0 Å². The quantitative estimate of drug-likeness (QED) is 0.932. The van der Waals surface area contributed by atoms with Crippen LogP contribution in [0.3, 0.4) is 0 Å². The van der Waals surface area contributed by atoms with Crippen LogP contribution >= 0.6 is 0 Å². The smallest absolute Gasteiger partial charge is 0.180 e. The Balaban J connectivity index is 1.56. The van der Waals surface area contributed by atoms with Gasteiger partial charge in [-0.3, -0.25) is 4.98 Å². The molecule has 2 unspecified atom stereocenters. The molecular formula is C19H24N4O. The Morgan fingerprint density at radius 2 is 2.00 bits per heavy atom. The van der Waals surface area contributed by atoms with Crippen LogP contribution in [0.5, 0.6) is 0 Å². The molecule has 126 valence electrons. The summed E-state index contributed by atoms with van der Waals surface area (Å²) in [6.45, 7) is 4.96. The first-order valence-electron chi connectivity index (χ1n) is 8.85. The van der Waals surface area contributed by atoms with Gasteiger partial charge in [0.25, 0.3) is 0 Å². The molecule has 0 spiro atoms. The molecular weight excluding hydrogens is 300 g/mol. The molecule has 4 rings (SSSR count). The number of aryl methyl sites for hydroxylation is 1. The van der Waals surface area contributed by atoms with Crippen molar-refractivity contribution in [3.63, 3.8) is 0 Å². The lowest BCUT2D eigenvalue weighted by Crippen LogP contribution is -2.35. The van der Waals surface area contributed by atoms with E-state index in [1.54, 1.807) is 6.20 Å². The van der Waals surface area contributed by atoms with Crippen LogP contribution in [0.15, 0.2) is 24.4 Å². The molecule has 1 saturated carbocycles. The van der Waals surface area contributed by atoms with E-state index in [0.29, 0.717) is 18.0 Å². The van der Waals surface area contributed by atoms with Gasteiger partial charge in [0.1, 0.15) is 11.5 Å². The highest BCUT2D eigenvalue weighted by Crippen LogP contribution is 2.38.